The van der Waals surface area contributed by atoms with Crippen LogP contribution >= 0.6 is 23.2 Å². The maximum absolute atomic E-state index is 11.6. The van der Waals surface area contributed by atoms with Crippen molar-refractivity contribution in [3.05, 3.63) is 74.4 Å². The minimum Gasteiger partial charge on any atom is -0.478 e. The van der Waals surface area contributed by atoms with Gasteiger partial charge in [-0.25, -0.2) is 14.8 Å². The molecule has 0 atom stereocenters. The third kappa shape index (κ3) is 5.13. The molecule has 0 bridgehead atoms. The van der Waals surface area contributed by atoms with Gasteiger partial charge in [0, 0.05) is 29.7 Å². The van der Waals surface area contributed by atoms with Gasteiger partial charge in [0.15, 0.2) is 0 Å². The molecular weight excluding hydrogens is 433 g/mol. The Balaban J connectivity index is 1.69. The van der Waals surface area contributed by atoms with Crippen LogP contribution in [0.1, 0.15) is 10.4 Å². The summed E-state index contributed by atoms with van der Waals surface area (Å²) in [6, 6.07) is 10.6. The van der Waals surface area contributed by atoms with Gasteiger partial charge in [-0.1, -0.05) is 23.2 Å². The highest BCUT2D eigenvalue weighted by Crippen LogP contribution is 2.32. The number of carbonyl (C=O) groups is 1. The van der Waals surface area contributed by atoms with Gasteiger partial charge in [-0.15, -0.1) is 0 Å². The lowest BCUT2D eigenvalue weighted by Gasteiger charge is -2.12. The van der Waals surface area contributed by atoms with Gasteiger partial charge in [-0.05, 0) is 36.4 Å². The van der Waals surface area contributed by atoms with Gasteiger partial charge in [0.25, 0.3) is 5.69 Å². The maximum Gasteiger partial charge on any atom is 0.337 e. The molecule has 3 N–H and O–H groups in total. The molecule has 0 saturated carbocycles. The van der Waals surface area contributed by atoms with Crippen LogP contribution in [0.2, 0.25) is 10.0 Å². The zero-order chi connectivity index (χ0) is 21.7. The van der Waals surface area contributed by atoms with E-state index in [1.807, 2.05) is 0 Å². The summed E-state index contributed by atoms with van der Waals surface area (Å²) < 4.78 is 0. The van der Waals surface area contributed by atoms with E-state index < -0.39 is 10.9 Å². The Labute approximate surface area is 180 Å². The predicted molar refractivity (Wildman–Crippen MR) is 115 cm³/mol. The summed E-state index contributed by atoms with van der Waals surface area (Å²) >= 11 is 12.1. The Bertz CT molecular complexity index is 1090. The van der Waals surface area contributed by atoms with Crippen molar-refractivity contribution in [1.29, 1.82) is 0 Å². The minimum atomic E-state index is -1.12. The Hall–Kier alpha value is -3.43. The number of carboxylic acid groups (broad SMARTS) is 1. The average Bonchev–Trinajstić information content (AvgIpc) is 2.71. The van der Waals surface area contributed by atoms with Crippen LogP contribution in [-0.2, 0) is 0 Å². The van der Waals surface area contributed by atoms with Gasteiger partial charge in [0.05, 0.1) is 21.2 Å². The second kappa shape index (κ2) is 9.38. The van der Waals surface area contributed by atoms with E-state index in [0.717, 1.165) is 0 Å². The van der Waals surface area contributed by atoms with Crippen molar-refractivity contribution in [2.75, 3.05) is 23.7 Å². The van der Waals surface area contributed by atoms with Crippen LogP contribution in [0.25, 0.3) is 11.3 Å². The molecule has 11 heteroatoms. The van der Waals surface area contributed by atoms with Crippen molar-refractivity contribution in [2.24, 2.45) is 0 Å². The summed E-state index contributed by atoms with van der Waals surface area (Å²) in [5.74, 6) is -0.175. The number of nitrogens with one attached hydrogen (secondary N) is 2. The fourth-order valence-corrected chi connectivity index (χ4v) is 3.09. The highest BCUT2D eigenvalue weighted by Gasteiger charge is 2.17. The number of aromatic nitrogens is 2. The summed E-state index contributed by atoms with van der Waals surface area (Å²) in [5, 5.41) is 26.9. The van der Waals surface area contributed by atoms with Crippen LogP contribution in [0.3, 0.4) is 0 Å². The number of hydrogen-bond acceptors (Lipinski definition) is 7. The molecule has 0 unspecified atom stereocenters. The lowest BCUT2D eigenvalue weighted by atomic mass is 10.1. The molecule has 0 aliphatic heterocycles. The van der Waals surface area contributed by atoms with E-state index in [2.05, 4.69) is 20.6 Å². The standard InChI is InChI=1S/C19H15Cl2N5O4/c20-11-1-3-13(15(21)9-11)18-14(19(27)28)4-6-17(25-18)23-8-7-22-16-5-2-12(10-24-16)26(29)30/h1-6,9-10H,7-8H2,(H,22,24)(H,23,25)(H,27,28). The number of aromatic carboxylic acids is 1. The first-order chi connectivity index (χ1) is 14.3. The zero-order valence-electron chi connectivity index (χ0n) is 15.3. The fourth-order valence-electron chi connectivity index (χ4n) is 2.60. The molecule has 154 valence electrons. The molecule has 9 nitrogen and oxygen atoms in total. The number of hydrogen-bond donors (Lipinski definition) is 3. The molecule has 0 aliphatic rings. The first-order valence-electron chi connectivity index (χ1n) is 8.63. The first-order valence-corrected chi connectivity index (χ1v) is 9.38. The SMILES string of the molecule is O=C(O)c1ccc(NCCNc2ccc([N+](=O)[O-])cn2)nc1-c1ccc(Cl)cc1Cl. The van der Waals surface area contributed by atoms with E-state index in [-0.39, 0.29) is 16.9 Å². The molecule has 0 fully saturated rings. The fraction of sp³-hybridized carbons (Fsp3) is 0.105. The highest BCUT2D eigenvalue weighted by molar-refractivity contribution is 6.36. The minimum absolute atomic E-state index is 0.0120. The monoisotopic (exact) mass is 447 g/mol. The number of rotatable bonds is 8. The number of anilines is 2. The average molecular weight is 448 g/mol. The number of benzene rings is 1. The summed E-state index contributed by atoms with van der Waals surface area (Å²) in [7, 11) is 0. The van der Waals surface area contributed by atoms with Crippen molar-refractivity contribution < 1.29 is 14.8 Å². The molecule has 0 amide bonds. The molecule has 0 aliphatic carbocycles. The number of carboxylic acids is 1. The Morgan fingerprint density at radius 3 is 2.37 bits per heavy atom. The summed E-state index contributed by atoms with van der Waals surface area (Å²) in [6.07, 6.45) is 1.17. The van der Waals surface area contributed by atoms with E-state index >= 15 is 0 Å². The van der Waals surface area contributed by atoms with Gasteiger partial charge < -0.3 is 15.7 Å². The van der Waals surface area contributed by atoms with Gasteiger partial charge in [-0.2, -0.15) is 0 Å². The van der Waals surface area contributed by atoms with Gasteiger partial charge in [0.1, 0.15) is 17.8 Å². The largest absolute Gasteiger partial charge is 0.478 e. The Morgan fingerprint density at radius 2 is 1.77 bits per heavy atom. The third-order valence-corrected chi connectivity index (χ3v) is 4.56. The van der Waals surface area contributed by atoms with E-state index in [1.54, 1.807) is 18.2 Å². The molecule has 2 aromatic heterocycles. The zero-order valence-corrected chi connectivity index (χ0v) is 16.8. The molecule has 2 heterocycles. The van der Waals surface area contributed by atoms with Crippen molar-refractivity contribution >= 4 is 46.5 Å². The topological polar surface area (TPSA) is 130 Å². The predicted octanol–water partition coefficient (Wildman–Crippen LogP) is 4.58. The summed E-state index contributed by atoms with van der Waals surface area (Å²) in [6.45, 7) is 0.885. The Morgan fingerprint density at radius 1 is 1.07 bits per heavy atom. The van der Waals surface area contributed by atoms with Crippen molar-refractivity contribution in [1.82, 2.24) is 9.97 Å². The number of nitrogens with zero attached hydrogens (tertiary/aromatic N) is 3. The van der Waals surface area contributed by atoms with E-state index in [9.17, 15) is 20.0 Å². The molecule has 30 heavy (non-hydrogen) atoms. The lowest BCUT2D eigenvalue weighted by molar-refractivity contribution is -0.385. The van der Waals surface area contributed by atoms with Gasteiger partial charge in [-0.3, -0.25) is 10.1 Å². The van der Waals surface area contributed by atoms with E-state index in [0.29, 0.717) is 40.3 Å². The van der Waals surface area contributed by atoms with E-state index in [1.165, 1.54) is 30.5 Å². The van der Waals surface area contributed by atoms with Crippen LogP contribution in [-0.4, -0.2) is 39.1 Å². The van der Waals surface area contributed by atoms with Crippen molar-refractivity contribution in [2.45, 2.75) is 0 Å². The smallest absolute Gasteiger partial charge is 0.337 e. The molecular formula is C19H15Cl2N5O4. The lowest BCUT2D eigenvalue weighted by Crippen LogP contribution is -2.15. The number of nitro groups is 1. The van der Waals surface area contributed by atoms with Crippen LogP contribution < -0.4 is 10.6 Å². The first kappa shape index (κ1) is 21.3. The van der Waals surface area contributed by atoms with Crippen LogP contribution in [0.5, 0.6) is 0 Å². The number of pyridine rings is 2. The highest BCUT2D eigenvalue weighted by atomic mass is 35.5. The second-order valence-electron chi connectivity index (χ2n) is 6.03. The summed E-state index contributed by atoms with van der Waals surface area (Å²) in [5.41, 5.74) is 0.599. The van der Waals surface area contributed by atoms with Crippen molar-refractivity contribution in [3.8, 4) is 11.3 Å². The molecule has 0 saturated heterocycles. The molecule has 1 aromatic carbocycles. The van der Waals surface area contributed by atoms with Crippen LogP contribution in [0.4, 0.5) is 17.3 Å². The summed E-state index contributed by atoms with van der Waals surface area (Å²) in [4.78, 5) is 30.1. The maximum atomic E-state index is 11.6. The Kier molecular flexibility index (Phi) is 6.65. The van der Waals surface area contributed by atoms with Crippen molar-refractivity contribution in [3.63, 3.8) is 0 Å². The van der Waals surface area contributed by atoms with Gasteiger partial charge in [0.2, 0.25) is 0 Å². The molecule has 3 aromatic rings. The third-order valence-electron chi connectivity index (χ3n) is 4.01. The molecule has 3 rings (SSSR count). The van der Waals surface area contributed by atoms with Crippen LogP contribution in [0.15, 0.2) is 48.7 Å². The normalized spacial score (nSPS) is 10.5. The molecule has 0 radical (unpaired) electrons. The van der Waals surface area contributed by atoms with Crippen LogP contribution in [0, 0.1) is 10.1 Å². The quantitative estimate of drug-likeness (QED) is 0.259. The number of halogens is 2. The van der Waals surface area contributed by atoms with E-state index in [4.69, 9.17) is 23.2 Å². The molecule has 0 spiro atoms. The van der Waals surface area contributed by atoms with Gasteiger partial charge >= 0.3 is 5.97 Å². The second-order valence-corrected chi connectivity index (χ2v) is 6.88.